The molecule has 1 aromatic rings. The number of hydrogen-bond acceptors (Lipinski definition) is 6. The van der Waals surface area contributed by atoms with Gasteiger partial charge in [0.05, 0.1) is 11.9 Å². The SMILES string of the molecule is CC(C)OC(=O)N[C@@H](C(=O)N1CCC[C@H]1C(=O)NC[C@H]1CC[C@H](C(=N)N)CC1)C(C)(C)SCc1ccccc1. The van der Waals surface area contributed by atoms with E-state index in [9.17, 15) is 14.4 Å². The summed E-state index contributed by atoms with van der Waals surface area (Å²) >= 11 is 1.59. The molecule has 5 N–H and O–H groups in total. The second-order valence-electron chi connectivity index (χ2n) is 11.5. The molecule has 9 nitrogen and oxygen atoms in total. The predicted molar refractivity (Wildman–Crippen MR) is 155 cm³/mol. The van der Waals surface area contributed by atoms with Crippen LogP contribution >= 0.6 is 11.8 Å². The maximum atomic E-state index is 14.0. The van der Waals surface area contributed by atoms with E-state index in [1.165, 1.54) is 0 Å². The Bertz CT molecular complexity index is 995. The number of hydrogen-bond donors (Lipinski definition) is 4. The molecule has 0 aromatic heterocycles. The molecule has 2 atom stereocenters. The molecule has 2 fully saturated rings. The molecule has 1 aromatic carbocycles. The lowest BCUT2D eigenvalue weighted by Gasteiger charge is -2.37. The van der Waals surface area contributed by atoms with Crippen LogP contribution in [0.25, 0.3) is 0 Å². The molecule has 0 bridgehead atoms. The average molecular weight is 560 g/mol. The van der Waals surface area contributed by atoms with Crippen LogP contribution in [0.5, 0.6) is 0 Å². The van der Waals surface area contributed by atoms with E-state index in [-0.39, 0.29) is 29.7 Å². The Balaban J connectivity index is 1.67. The second-order valence-corrected chi connectivity index (χ2v) is 13.1. The topological polar surface area (TPSA) is 138 Å². The van der Waals surface area contributed by atoms with Gasteiger partial charge in [0.25, 0.3) is 0 Å². The number of alkyl carbamates (subject to hydrolysis) is 1. The van der Waals surface area contributed by atoms with Crippen LogP contribution < -0.4 is 16.4 Å². The van der Waals surface area contributed by atoms with Crippen LogP contribution in [0.15, 0.2) is 30.3 Å². The van der Waals surface area contributed by atoms with Gasteiger partial charge in [0.1, 0.15) is 12.1 Å². The normalized spacial score (nSPS) is 22.3. The van der Waals surface area contributed by atoms with E-state index in [1.54, 1.807) is 30.5 Å². The van der Waals surface area contributed by atoms with E-state index in [2.05, 4.69) is 10.6 Å². The highest BCUT2D eigenvalue weighted by atomic mass is 32.2. The lowest BCUT2D eigenvalue weighted by atomic mass is 9.81. The van der Waals surface area contributed by atoms with Crippen molar-refractivity contribution in [2.24, 2.45) is 17.6 Å². The molecule has 216 valence electrons. The van der Waals surface area contributed by atoms with Crippen molar-refractivity contribution < 1.29 is 19.1 Å². The van der Waals surface area contributed by atoms with Crippen molar-refractivity contribution in [1.82, 2.24) is 15.5 Å². The Morgan fingerprint density at radius 3 is 2.41 bits per heavy atom. The molecule has 3 rings (SSSR count). The summed E-state index contributed by atoms with van der Waals surface area (Å²) in [5.41, 5.74) is 6.79. The van der Waals surface area contributed by atoms with Gasteiger partial charge in [-0.2, -0.15) is 0 Å². The maximum Gasteiger partial charge on any atom is 0.408 e. The number of benzene rings is 1. The third-order valence-corrected chi connectivity index (χ3v) is 9.15. The molecule has 1 aliphatic carbocycles. The first kappa shape index (κ1) is 30.8. The van der Waals surface area contributed by atoms with Crippen molar-refractivity contribution >= 4 is 35.5 Å². The van der Waals surface area contributed by atoms with Gasteiger partial charge in [0, 0.05) is 29.5 Å². The van der Waals surface area contributed by atoms with Crippen LogP contribution in [-0.4, -0.2) is 64.7 Å². The molecular weight excluding hydrogens is 514 g/mol. The minimum Gasteiger partial charge on any atom is -0.447 e. The first-order chi connectivity index (χ1) is 18.5. The third kappa shape index (κ3) is 8.88. The largest absolute Gasteiger partial charge is 0.447 e. The van der Waals surface area contributed by atoms with E-state index in [4.69, 9.17) is 15.9 Å². The first-order valence-electron chi connectivity index (χ1n) is 14.0. The van der Waals surface area contributed by atoms with Gasteiger partial charge in [-0.1, -0.05) is 30.3 Å². The summed E-state index contributed by atoms with van der Waals surface area (Å²) < 4.78 is 4.66. The standard InChI is InChI=1S/C29H45N5O4S/c1-19(2)38-28(37)33-24(29(3,4)39-18-21-9-6-5-7-10-21)27(36)34-16-8-11-23(34)26(35)32-17-20-12-14-22(15-13-20)25(30)31/h5-7,9-10,19-20,22-24H,8,11-18H2,1-4H3,(H3,30,31)(H,32,35)(H,33,37)/t20-,22-,23-,24-/m0/s1. The van der Waals surface area contributed by atoms with Crippen LogP contribution in [0.3, 0.4) is 0 Å². The fourth-order valence-electron chi connectivity index (χ4n) is 5.33. The summed E-state index contributed by atoms with van der Waals surface area (Å²) in [5, 5.41) is 13.6. The van der Waals surface area contributed by atoms with E-state index < -0.39 is 22.9 Å². The number of ether oxygens (including phenoxy) is 1. The van der Waals surface area contributed by atoms with Gasteiger partial charge >= 0.3 is 6.09 Å². The first-order valence-corrected chi connectivity index (χ1v) is 15.0. The van der Waals surface area contributed by atoms with Crippen LogP contribution in [-0.2, 0) is 20.1 Å². The molecule has 2 aliphatic rings. The zero-order valence-electron chi connectivity index (χ0n) is 23.7. The van der Waals surface area contributed by atoms with Gasteiger partial charge in [0.2, 0.25) is 11.8 Å². The summed E-state index contributed by atoms with van der Waals surface area (Å²) in [6.45, 7) is 8.45. The number of nitrogens with one attached hydrogen (secondary N) is 3. The van der Waals surface area contributed by atoms with Crippen molar-refractivity contribution in [2.45, 2.75) is 94.9 Å². The van der Waals surface area contributed by atoms with Crippen LogP contribution in [0.4, 0.5) is 4.79 Å². The number of amidine groups is 1. The number of likely N-dealkylation sites (tertiary alicyclic amines) is 1. The molecule has 39 heavy (non-hydrogen) atoms. The number of amides is 3. The van der Waals surface area contributed by atoms with Crippen molar-refractivity contribution in [3.8, 4) is 0 Å². The van der Waals surface area contributed by atoms with Crippen molar-refractivity contribution in [1.29, 1.82) is 5.41 Å². The Morgan fingerprint density at radius 1 is 1.13 bits per heavy atom. The fraction of sp³-hybridized carbons (Fsp3) is 0.655. The molecule has 0 unspecified atom stereocenters. The highest BCUT2D eigenvalue weighted by molar-refractivity contribution is 7.99. The summed E-state index contributed by atoms with van der Waals surface area (Å²) in [4.78, 5) is 41.5. The van der Waals surface area contributed by atoms with Gasteiger partial charge in [-0.05, 0) is 77.7 Å². The minimum atomic E-state index is -0.868. The molecule has 10 heteroatoms. The van der Waals surface area contributed by atoms with Crippen LogP contribution in [0.1, 0.15) is 71.8 Å². The highest BCUT2D eigenvalue weighted by Gasteiger charge is 2.44. The van der Waals surface area contributed by atoms with Gasteiger partial charge < -0.3 is 26.0 Å². The molecule has 3 amide bonds. The fourth-order valence-corrected chi connectivity index (χ4v) is 6.39. The Kier molecular flexibility index (Phi) is 11.1. The number of nitrogens with two attached hydrogens (primary N) is 1. The zero-order chi connectivity index (χ0) is 28.6. The zero-order valence-corrected chi connectivity index (χ0v) is 24.5. The summed E-state index contributed by atoms with van der Waals surface area (Å²) in [5.74, 6) is 1.02. The van der Waals surface area contributed by atoms with Gasteiger partial charge in [0.15, 0.2) is 0 Å². The molecular formula is C29H45N5O4S. The van der Waals surface area contributed by atoms with Crippen LogP contribution in [0, 0.1) is 17.2 Å². The Morgan fingerprint density at radius 2 is 1.79 bits per heavy atom. The van der Waals surface area contributed by atoms with Crippen molar-refractivity contribution in [2.75, 3.05) is 13.1 Å². The molecule has 1 saturated carbocycles. The third-order valence-electron chi connectivity index (χ3n) is 7.69. The number of carbonyl (C=O) groups excluding carboxylic acids is 3. The van der Waals surface area contributed by atoms with E-state index in [0.717, 1.165) is 37.7 Å². The minimum absolute atomic E-state index is 0.146. The summed E-state index contributed by atoms with van der Waals surface area (Å²) in [6, 6.07) is 8.56. The second kappa shape index (κ2) is 14.1. The predicted octanol–water partition coefficient (Wildman–Crippen LogP) is 4.05. The van der Waals surface area contributed by atoms with E-state index in [0.29, 0.717) is 31.2 Å². The number of rotatable bonds is 11. The molecule has 1 heterocycles. The van der Waals surface area contributed by atoms with E-state index >= 15 is 0 Å². The molecule has 1 aliphatic heterocycles. The Labute approximate surface area is 236 Å². The number of nitrogens with zero attached hydrogens (tertiary/aromatic N) is 1. The number of thioether (sulfide) groups is 1. The van der Waals surface area contributed by atoms with Crippen LogP contribution in [0.2, 0.25) is 0 Å². The highest BCUT2D eigenvalue weighted by Crippen LogP contribution is 2.34. The Hall–Kier alpha value is -2.75. The number of carbonyl (C=O) groups is 3. The molecule has 0 spiro atoms. The van der Waals surface area contributed by atoms with E-state index in [1.807, 2.05) is 44.2 Å². The smallest absolute Gasteiger partial charge is 0.408 e. The summed E-state index contributed by atoms with van der Waals surface area (Å²) in [6.07, 6.45) is 3.96. The monoisotopic (exact) mass is 559 g/mol. The van der Waals surface area contributed by atoms with Crippen molar-refractivity contribution in [3.63, 3.8) is 0 Å². The summed E-state index contributed by atoms with van der Waals surface area (Å²) in [7, 11) is 0. The van der Waals surface area contributed by atoms with Gasteiger partial charge in [-0.3, -0.25) is 15.0 Å². The quantitative estimate of drug-likeness (QED) is 0.238. The molecule has 1 saturated heterocycles. The lowest BCUT2D eigenvalue weighted by molar-refractivity contribution is -0.140. The maximum absolute atomic E-state index is 14.0. The lowest BCUT2D eigenvalue weighted by Crippen LogP contribution is -2.60. The van der Waals surface area contributed by atoms with Gasteiger partial charge in [-0.25, -0.2) is 4.79 Å². The average Bonchev–Trinajstić information content (AvgIpc) is 3.39. The van der Waals surface area contributed by atoms with Crippen molar-refractivity contribution in [3.05, 3.63) is 35.9 Å². The van der Waals surface area contributed by atoms with Gasteiger partial charge in [-0.15, -0.1) is 11.8 Å². The molecule has 0 radical (unpaired) electrons.